The normalized spacial score (nSPS) is 13.7. The van der Waals surface area contributed by atoms with Crippen LogP contribution in [-0.2, 0) is 17.8 Å². The number of aryl methyl sites for hydroxylation is 1. The number of hydrogen-bond acceptors (Lipinski definition) is 4. The van der Waals surface area contributed by atoms with Crippen molar-refractivity contribution >= 4 is 29.0 Å². The second kappa shape index (κ2) is 5.26. The van der Waals surface area contributed by atoms with Gasteiger partial charge in [0, 0.05) is 0 Å². The van der Waals surface area contributed by atoms with E-state index in [9.17, 15) is 9.59 Å². The number of rotatable bonds is 3. The first-order valence-corrected chi connectivity index (χ1v) is 6.93. The van der Waals surface area contributed by atoms with E-state index in [-0.39, 0.29) is 11.7 Å². The largest absolute Gasteiger partial charge is 0.299 e. The van der Waals surface area contributed by atoms with Crippen molar-refractivity contribution in [2.45, 2.75) is 19.9 Å². The minimum Gasteiger partial charge on any atom is -0.299 e. The average Bonchev–Trinajstić information content (AvgIpc) is 2.74. The van der Waals surface area contributed by atoms with Crippen LogP contribution in [0.1, 0.15) is 28.5 Å². The van der Waals surface area contributed by atoms with Crippen LogP contribution in [0.4, 0.5) is 5.69 Å². The molecule has 0 fully saturated rings. The molecular formula is C15H12ClN3O2. The summed E-state index contributed by atoms with van der Waals surface area (Å²) in [5.41, 5.74) is 2.69. The average molecular weight is 302 g/mol. The highest BCUT2D eigenvalue weighted by Crippen LogP contribution is 2.31. The minimum atomic E-state index is -0.532. The summed E-state index contributed by atoms with van der Waals surface area (Å²) < 4.78 is 0. The van der Waals surface area contributed by atoms with E-state index in [1.54, 1.807) is 12.1 Å². The summed E-state index contributed by atoms with van der Waals surface area (Å²) in [7, 11) is 0. The van der Waals surface area contributed by atoms with Crippen molar-refractivity contribution in [1.82, 2.24) is 9.97 Å². The van der Waals surface area contributed by atoms with Crippen molar-refractivity contribution in [3.05, 3.63) is 52.6 Å². The number of carbonyl (C=O) groups is 2. The number of fused-ring (bicyclic) bond motifs is 1. The molecule has 0 N–H and O–H groups in total. The number of nitrogens with zero attached hydrogens (tertiary/aromatic N) is 3. The van der Waals surface area contributed by atoms with Gasteiger partial charge in [-0.3, -0.25) is 19.5 Å². The molecule has 5 nitrogen and oxygen atoms in total. The maximum atomic E-state index is 12.1. The molecule has 3 rings (SSSR count). The predicted molar refractivity (Wildman–Crippen MR) is 78.4 cm³/mol. The van der Waals surface area contributed by atoms with Crippen LogP contribution in [0.3, 0.4) is 0 Å². The monoisotopic (exact) mass is 301 g/mol. The summed E-state index contributed by atoms with van der Waals surface area (Å²) in [6.45, 7) is 2.21. The van der Waals surface area contributed by atoms with Crippen molar-refractivity contribution in [2.24, 2.45) is 0 Å². The molecule has 0 unspecified atom stereocenters. The molecule has 1 aromatic carbocycles. The van der Waals surface area contributed by atoms with Gasteiger partial charge in [0.05, 0.1) is 35.9 Å². The van der Waals surface area contributed by atoms with Crippen LogP contribution in [-0.4, -0.2) is 21.7 Å². The van der Waals surface area contributed by atoms with Crippen molar-refractivity contribution in [3.63, 3.8) is 0 Å². The first kappa shape index (κ1) is 13.7. The number of aromatic nitrogens is 2. The Labute approximate surface area is 126 Å². The summed E-state index contributed by atoms with van der Waals surface area (Å²) in [4.78, 5) is 33.7. The van der Waals surface area contributed by atoms with Crippen LogP contribution < -0.4 is 4.90 Å². The van der Waals surface area contributed by atoms with E-state index in [1.807, 2.05) is 13.0 Å². The lowest BCUT2D eigenvalue weighted by Gasteiger charge is -2.15. The molecule has 0 bridgehead atoms. The van der Waals surface area contributed by atoms with Gasteiger partial charge in [0.1, 0.15) is 5.15 Å². The van der Waals surface area contributed by atoms with Gasteiger partial charge in [-0.2, -0.15) is 0 Å². The fourth-order valence-corrected chi connectivity index (χ4v) is 2.40. The first-order chi connectivity index (χ1) is 10.1. The number of ketones is 1. The van der Waals surface area contributed by atoms with Gasteiger partial charge in [0.25, 0.3) is 11.7 Å². The molecule has 2 aromatic rings. The second-order valence-electron chi connectivity index (χ2n) is 4.76. The molecule has 2 heterocycles. The van der Waals surface area contributed by atoms with Gasteiger partial charge in [-0.05, 0) is 24.1 Å². The lowest BCUT2D eigenvalue weighted by molar-refractivity contribution is -0.114. The van der Waals surface area contributed by atoms with Crippen LogP contribution in [0.2, 0.25) is 5.15 Å². The molecule has 0 saturated heterocycles. The molecule has 0 saturated carbocycles. The summed E-state index contributed by atoms with van der Waals surface area (Å²) in [6.07, 6.45) is 3.73. The van der Waals surface area contributed by atoms with Gasteiger partial charge in [-0.15, -0.1) is 0 Å². The number of anilines is 1. The third-order valence-corrected chi connectivity index (χ3v) is 3.63. The summed E-state index contributed by atoms with van der Waals surface area (Å²) in [6, 6.07) is 5.51. The van der Waals surface area contributed by atoms with Crippen LogP contribution in [0, 0.1) is 0 Å². The molecule has 6 heteroatoms. The number of halogens is 1. The van der Waals surface area contributed by atoms with Gasteiger partial charge >= 0.3 is 0 Å². The lowest BCUT2D eigenvalue weighted by atomic mass is 10.1. The van der Waals surface area contributed by atoms with E-state index in [2.05, 4.69) is 9.97 Å². The fourth-order valence-electron chi connectivity index (χ4n) is 2.31. The fraction of sp³-hybridized carbons (Fsp3) is 0.200. The van der Waals surface area contributed by atoms with Crippen LogP contribution in [0.15, 0.2) is 30.6 Å². The summed E-state index contributed by atoms with van der Waals surface area (Å²) in [5, 5.41) is 0.288. The zero-order valence-corrected chi connectivity index (χ0v) is 12.1. The predicted octanol–water partition coefficient (Wildman–Crippen LogP) is 2.42. The smallest absolute Gasteiger partial charge is 0.299 e. The number of benzene rings is 1. The van der Waals surface area contributed by atoms with Gasteiger partial charge in [0.2, 0.25) is 0 Å². The highest BCUT2D eigenvalue weighted by molar-refractivity contribution is 6.52. The second-order valence-corrected chi connectivity index (χ2v) is 5.14. The van der Waals surface area contributed by atoms with Crippen molar-refractivity contribution in [1.29, 1.82) is 0 Å². The van der Waals surface area contributed by atoms with Gasteiger partial charge < -0.3 is 0 Å². The minimum absolute atomic E-state index is 0.202. The Kier molecular flexibility index (Phi) is 3.43. The Morgan fingerprint density at radius 2 is 2.00 bits per heavy atom. The summed E-state index contributed by atoms with van der Waals surface area (Å²) in [5.74, 6) is -1.00. The van der Waals surface area contributed by atoms with E-state index in [0.717, 1.165) is 12.0 Å². The molecule has 1 amide bonds. The molecule has 0 spiro atoms. The zero-order chi connectivity index (χ0) is 15.0. The molecule has 1 aliphatic heterocycles. The Balaban J connectivity index is 1.96. The van der Waals surface area contributed by atoms with Crippen molar-refractivity contribution in [3.8, 4) is 0 Å². The highest BCUT2D eigenvalue weighted by Gasteiger charge is 2.36. The van der Waals surface area contributed by atoms with Gasteiger partial charge in [0.15, 0.2) is 0 Å². The Bertz CT molecular complexity index is 728. The van der Waals surface area contributed by atoms with E-state index in [1.165, 1.54) is 17.3 Å². The Morgan fingerprint density at radius 3 is 2.67 bits per heavy atom. The van der Waals surface area contributed by atoms with E-state index < -0.39 is 11.7 Å². The number of carbonyl (C=O) groups excluding carboxylic acids is 2. The van der Waals surface area contributed by atoms with Crippen molar-refractivity contribution < 1.29 is 9.59 Å². The molecule has 1 aromatic heterocycles. The topological polar surface area (TPSA) is 63.2 Å². The van der Waals surface area contributed by atoms with E-state index in [4.69, 9.17) is 11.6 Å². The third-order valence-electron chi connectivity index (χ3n) is 3.44. The van der Waals surface area contributed by atoms with Crippen LogP contribution >= 0.6 is 11.6 Å². The van der Waals surface area contributed by atoms with E-state index in [0.29, 0.717) is 16.9 Å². The number of hydrogen-bond donors (Lipinski definition) is 0. The molecular weight excluding hydrogens is 290 g/mol. The van der Waals surface area contributed by atoms with Crippen molar-refractivity contribution in [2.75, 3.05) is 4.90 Å². The third kappa shape index (κ3) is 2.40. The Hall–Kier alpha value is -2.27. The molecule has 21 heavy (non-hydrogen) atoms. The van der Waals surface area contributed by atoms with Crippen LogP contribution in [0.5, 0.6) is 0 Å². The van der Waals surface area contributed by atoms with Crippen LogP contribution in [0.25, 0.3) is 0 Å². The molecule has 0 radical (unpaired) electrons. The maximum absolute atomic E-state index is 12.1. The van der Waals surface area contributed by atoms with Gasteiger partial charge in [-0.1, -0.05) is 24.6 Å². The van der Waals surface area contributed by atoms with E-state index >= 15 is 0 Å². The molecule has 0 atom stereocenters. The maximum Gasteiger partial charge on any atom is 0.299 e. The molecule has 0 aliphatic carbocycles. The quantitative estimate of drug-likeness (QED) is 0.817. The summed E-state index contributed by atoms with van der Waals surface area (Å²) >= 11 is 5.69. The lowest BCUT2D eigenvalue weighted by Crippen LogP contribution is -2.29. The number of Topliss-reactive ketones (excluding diaryl/α,β-unsaturated/α-hetero) is 1. The highest BCUT2D eigenvalue weighted by atomic mass is 35.5. The number of amides is 1. The van der Waals surface area contributed by atoms with Gasteiger partial charge in [-0.25, -0.2) is 4.98 Å². The molecule has 106 valence electrons. The molecule has 1 aliphatic rings. The first-order valence-electron chi connectivity index (χ1n) is 6.55. The standard InChI is InChI=1S/C15H12ClN3O2/c1-2-9-3-4-12-11(5-9)14(20)15(21)19(12)8-10-6-18-13(16)7-17-10/h3-7H,2,8H2,1H3. The zero-order valence-electron chi connectivity index (χ0n) is 11.3. The Morgan fingerprint density at radius 1 is 1.19 bits per heavy atom. The SMILES string of the molecule is CCc1ccc2c(c1)C(=O)C(=O)N2Cc1cnc(Cl)cn1.